The lowest BCUT2D eigenvalue weighted by Gasteiger charge is -2.12. The zero-order chi connectivity index (χ0) is 15.4. The van der Waals surface area contributed by atoms with Crippen molar-refractivity contribution in [2.24, 2.45) is 0 Å². The molecule has 2 aromatic rings. The lowest BCUT2D eigenvalue weighted by Crippen LogP contribution is -2.06. The number of benzene rings is 2. The summed E-state index contributed by atoms with van der Waals surface area (Å²) in [6.07, 6.45) is 0. The third kappa shape index (κ3) is 3.76. The number of nitrogens with two attached hydrogens (primary N) is 1. The number of rotatable bonds is 4. The van der Waals surface area contributed by atoms with Crippen molar-refractivity contribution in [3.63, 3.8) is 0 Å². The summed E-state index contributed by atoms with van der Waals surface area (Å²) in [7, 11) is 0. The first-order chi connectivity index (χ1) is 10.0. The van der Waals surface area contributed by atoms with Gasteiger partial charge in [0.2, 0.25) is 0 Å². The molecule has 110 valence electrons. The SMILES string of the molecule is CCOC(=O)c1ccc(N)c(Nc2ccc(C)c(Br)c2)c1. The van der Waals surface area contributed by atoms with E-state index in [1.165, 1.54) is 0 Å². The maximum absolute atomic E-state index is 11.8. The number of hydrogen-bond donors (Lipinski definition) is 2. The number of nitrogen functional groups attached to an aromatic ring is 1. The Hall–Kier alpha value is -2.01. The third-order valence-electron chi connectivity index (χ3n) is 3.02. The number of anilines is 3. The number of nitrogens with one attached hydrogen (secondary N) is 1. The van der Waals surface area contributed by atoms with Crippen molar-refractivity contribution in [2.45, 2.75) is 13.8 Å². The minimum atomic E-state index is -0.356. The van der Waals surface area contributed by atoms with Crippen LogP contribution in [0.2, 0.25) is 0 Å². The van der Waals surface area contributed by atoms with Crippen LogP contribution < -0.4 is 11.1 Å². The highest BCUT2D eigenvalue weighted by Crippen LogP contribution is 2.27. The summed E-state index contributed by atoms with van der Waals surface area (Å²) in [6.45, 7) is 4.14. The second-order valence-corrected chi connectivity index (χ2v) is 5.47. The summed E-state index contributed by atoms with van der Waals surface area (Å²) in [5.74, 6) is -0.356. The molecular formula is C16H17BrN2O2. The standard InChI is InChI=1S/C16H17BrN2O2/c1-3-21-16(20)11-5-7-14(18)15(8-11)19-12-6-4-10(2)13(17)9-12/h4-9,19H,3,18H2,1-2H3. The molecule has 4 nitrogen and oxygen atoms in total. The second-order valence-electron chi connectivity index (χ2n) is 4.61. The molecule has 0 heterocycles. The molecule has 0 aliphatic carbocycles. The predicted octanol–water partition coefficient (Wildman–Crippen LogP) is 4.26. The van der Waals surface area contributed by atoms with Crippen LogP contribution >= 0.6 is 15.9 Å². The molecule has 5 heteroatoms. The predicted molar refractivity (Wildman–Crippen MR) is 89.0 cm³/mol. The highest BCUT2D eigenvalue weighted by Gasteiger charge is 2.09. The Morgan fingerprint density at radius 1 is 1.29 bits per heavy atom. The normalized spacial score (nSPS) is 10.2. The Morgan fingerprint density at radius 2 is 2.05 bits per heavy atom. The van der Waals surface area contributed by atoms with Gasteiger partial charge < -0.3 is 15.8 Å². The van der Waals surface area contributed by atoms with Crippen LogP contribution in [0.5, 0.6) is 0 Å². The first kappa shape index (κ1) is 15.4. The molecule has 0 aliphatic rings. The fourth-order valence-electron chi connectivity index (χ4n) is 1.83. The van der Waals surface area contributed by atoms with Crippen molar-refractivity contribution in [3.8, 4) is 0 Å². The van der Waals surface area contributed by atoms with Gasteiger partial charge in [-0.25, -0.2) is 4.79 Å². The van der Waals surface area contributed by atoms with E-state index in [0.29, 0.717) is 23.5 Å². The summed E-state index contributed by atoms with van der Waals surface area (Å²) < 4.78 is 6.00. The number of carbonyl (C=O) groups excluding carboxylic acids is 1. The van der Waals surface area contributed by atoms with E-state index in [1.54, 1.807) is 25.1 Å². The van der Waals surface area contributed by atoms with Crippen molar-refractivity contribution in [2.75, 3.05) is 17.7 Å². The van der Waals surface area contributed by atoms with Crippen LogP contribution in [0.25, 0.3) is 0 Å². The quantitative estimate of drug-likeness (QED) is 0.639. The van der Waals surface area contributed by atoms with Crippen molar-refractivity contribution in [1.82, 2.24) is 0 Å². The molecule has 0 atom stereocenters. The molecular weight excluding hydrogens is 332 g/mol. The summed E-state index contributed by atoms with van der Waals surface area (Å²) in [5.41, 5.74) is 9.71. The van der Waals surface area contributed by atoms with E-state index >= 15 is 0 Å². The van der Waals surface area contributed by atoms with Crippen LogP contribution in [-0.4, -0.2) is 12.6 Å². The Labute approximate surface area is 132 Å². The molecule has 0 saturated heterocycles. The molecule has 0 fully saturated rings. The van der Waals surface area contributed by atoms with Gasteiger partial charge in [-0.3, -0.25) is 0 Å². The highest BCUT2D eigenvalue weighted by molar-refractivity contribution is 9.10. The Morgan fingerprint density at radius 3 is 2.71 bits per heavy atom. The molecule has 0 aromatic heterocycles. The maximum atomic E-state index is 11.8. The summed E-state index contributed by atoms with van der Waals surface area (Å²) in [6, 6.07) is 11.0. The van der Waals surface area contributed by atoms with Gasteiger partial charge >= 0.3 is 5.97 Å². The van der Waals surface area contributed by atoms with Crippen LogP contribution in [0.15, 0.2) is 40.9 Å². The van der Waals surface area contributed by atoms with E-state index in [4.69, 9.17) is 10.5 Å². The number of ether oxygens (including phenoxy) is 1. The van der Waals surface area contributed by atoms with Crippen LogP contribution in [0.3, 0.4) is 0 Å². The van der Waals surface area contributed by atoms with Gasteiger partial charge in [-0.2, -0.15) is 0 Å². The molecule has 21 heavy (non-hydrogen) atoms. The molecule has 3 N–H and O–H groups in total. The smallest absolute Gasteiger partial charge is 0.338 e. The lowest BCUT2D eigenvalue weighted by atomic mass is 10.1. The fraction of sp³-hybridized carbons (Fsp3) is 0.188. The average Bonchev–Trinajstić information content (AvgIpc) is 2.45. The first-order valence-electron chi connectivity index (χ1n) is 6.61. The Balaban J connectivity index is 2.28. The average molecular weight is 349 g/mol. The number of hydrogen-bond acceptors (Lipinski definition) is 4. The molecule has 0 saturated carbocycles. The molecule has 0 unspecified atom stereocenters. The summed E-state index contributed by atoms with van der Waals surface area (Å²) in [4.78, 5) is 11.8. The summed E-state index contributed by atoms with van der Waals surface area (Å²) in [5, 5.41) is 3.21. The van der Waals surface area contributed by atoms with Gasteiger partial charge in [0, 0.05) is 10.2 Å². The van der Waals surface area contributed by atoms with Gasteiger partial charge in [-0.1, -0.05) is 22.0 Å². The van der Waals surface area contributed by atoms with Crippen molar-refractivity contribution < 1.29 is 9.53 Å². The second kappa shape index (κ2) is 6.63. The van der Waals surface area contributed by atoms with Crippen molar-refractivity contribution in [3.05, 3.63) is 52.0 Å². The van der Waals surface area contributed by atoms with Gasteiger partial charge in [-0.15, -0.1) is 0 Å². The third-order valence-corrected chi connectivity index (χ3v) is 3.87. The van der Waals surface area contributed by atoms with Gasteiger partial charge in [-0.05, 0) is 49.7 Å². The van der Waals surface area contributed by atoms with Crippen LogP contribution in [0.4, 0.5) is 17.1 Å². The highest BCUT2D eigenvalue weighted by atomic mass is 79.9. The van der Waals surface area contributed by atoms with Crippen molar-refractivity contribution >= 4 is 39.0 Å². The Bertz CT molecular complexity index is 671. The largest absolute Gasteiger partial charge is 0.462 e. The fourth-order valence-corrected chi connectivity index (χ4v) is 2.21. The van der Waals surface area contributed by atoms with Gasteiger partial charge in [0.15, 0.2) is 0 Å². The number of esters is 1. The topological polar surface area (TPSA) is 64.3 Å². The molecule has 0 bridgehead atoms. The molecule has 2 aromatic carbocycles. The van der Waals surface area contributed by atoms with Crippen LogP contribution in [-0.2, 0) is 4.74 Å². The van der Waals surface area contributed by atoms with E-state index in [0.717, 1.165) is 15.7 Å². The van der Waals surface area contributed by atoms with Gasteiger partial charge in [0.1, 0.15) is 0 Å². The zero-order valence-corrected chi connectivity index (χ0v) is 13.5. The molecule has 0 amide bonds. The molecule has 0 spiro atoms. The first-order valence-corrected chi connectivity index (χ1v) is 7.40. The number of aryl methyl sites for hydroxylation is 1. The van der Waals surface area contributed by atoms with E-state index in [-0.39, 0.29) is 5.97 Å². The van der Waals surface area contributed by atoms with Gasteiger partial charge in [0.25, 0.3) is 0 Å². The molecule has 0 radical (unpaired) electrons. The lowest BCUT2D eigenvalue weighted by molar-refractivity contribution is 0.0526. The van der Waals surface area contributed by atoms with Crippen molar-refractivity contribution in [1.29, 1.82) is 0 Å². The maximum Gasteiger partial charge on any atom is 0.338 e. The minimum Gasteiger partial charge on any atom is -0.462 e. The zero-order valence-electron chi connectivity index (χ0n) is 11.9. The number of carbonyl (C=O) groups is 1. The van der Waals surface area contributed by atoms with E-state index < -0.39 is 0 Å². The van der Waals surface area contributed by atoms with E-state index in [2.05, 4.69) is 21.2 Å². The van der Waals surface area contributed by atoms with Gasteiger partial charge in [0.05, 0.1) is 23.5 Å². The number of halogens is 1. The molecule has 2 rings (SSSR count). The molecule has 0 aliphatic heterocycles. The van der Waals surface area contributed by atoms with E-state index in [1.807, 2.05) is 25.1 Å². The summed E-state index contributed by atoms with van der Waals surface area (Å²) >= 11 is 3.49. The minimum absolute atomic E-state index is 0.344. The van der Waals surface area contributed by atoms with Crippen LogP contribution in [0.1, 0.15) is 22.8 Å². The monoisotopic (exact) mass is 348 g/mol. The van der Waals surface area contributed by atoms with E-state index in [9.17, 15) is 4.79 Å². The Kier molecular flexibility index (Phi) is 4.85. The van der Waals surface area contributed by atoms with Crippen LogP contribution in [0, 0.1) is 6.92 Å².